The number of aromatic nitrogens is 1. The zero-order chi connectivity index (χ0) is 20.1. The van der Waals surface area contributed by atoms with Crippen LogP contribution in [-0.4, -0.2) is 65.9 Å². The number of nitrogens with zero attached hydrogens (tertiary/aromatic N) is 3. The minimum absolute atomic E-state index is 0.0247. The summed E-state index contributed by atoms with van der Waals surface area (Å²) in [5.41, 5.74) is 1.59. The molecule has 0 atom stereocenters. The molecule has 8 nitrogen and oxygen atoms in total. The van der Waals surface area contributed by atoms with Crippen LogP contribution in [0.3, 0.4) is 0 Å². The van der Waals surface area contributed by atoms with Crippen molar-refractivity contribution < 1.29 is 19.1 Å². The zero-order valence-electron chi connectivity index (χ0n) is 15.8. The van der Waals surface area contributed by atoms with E-state index in [0.717, 1.165) is 0 Å². The van der Waals surface area contributed by atoms with E-state index in [1.54, 1.807) is 52.4 Å². The van der Waals surface area contributed by atoms with Gasteiger partial charge in [-0.05, 0) is 30.3 Å². The van der Waals surface area contributed by atoms with Gasteiger partial charge in [-0.1, -0.05) is 6.07 Å². The predicted molar refractivity (Wildman–Crippen MR) is 103 cm³/mol. The average Bonchev–Trinajstić information content (AvgIpc) is 2.73. The first-order valence-corrected chi connectivity index (χ1v) is 8.94. The van der Waals surface area contributed by atoms with Gasteiger partial charge in [0, 0.05) is 50.6 Å². The Kier molecular flexibility index (Phi) is 5.88. The Labute approximate surface area is 163 Å². The van der Waals surface area contributed by atoms with Crippen molar-refractivity contribution in [3.05, 3.63) is 53.7 Å². The summed E-state index contributed by atoms with van der Waals surface area (Å²) in [6, 6.07) is 10.2. The highest BCUT2D eigenvalue weighted by atomic mass is 16.5. The standard InChI is InChI=1S/C20H22N4O4/c1-14(25)23-8-10-24(11-9-23)19(26)15-6-7-21-18(13-15)22-17-5-3-4-16(12-17)20(27)28-2/h3-7,12-13H,8-11H2,1-2H3,(H,21,22). The van der Waals surface area contributed by atoms with Crippen LogP contribution >= 0.6 is 0 Å². The lowest BCUT2D eigenvalue weighted by atomic mass is 10.2. The van der Waals surface area contributed by atoms with Crippen molar-refractivity contribution in [2.24, 2.45) is 0 Å². The highest BCUT2D eigenvalue weighted by Gasteiger charge is 2.23. The number of hydrogen-bond acceptors (Lipinski definition) is 6. The molecule has 28 heavy (non-hydrogen) atoms. The molecule has 1 aromatic heterocycles. The van der Waals surface area contributed by atoms with Gasteiger partial charge in [-0.15, -0.1) is 0 Å². The number of nitrogens with one attached hydrogen (secondary N) is 1. The summed E-state index contributed by atoms with van der Waals surface area (Å²) >= 11 is 0. The van der Waals surface area contributed by atoms with E-state index in [1.165, 1.54) is 14.0 Å². The molecule has 2 amide bonds. The number of methoxy groups -OCH3 is 1. The maximum atomic E-state index is 12.8. The van der Waals surface area contributed by atoms with E-state index in [4.69, 9.17) is 4.74 Å². The fraction of sp³-hybridized carbons (Fsp3) is 0.300. The summed E-state index contributed by atoms with van der Waals surface area (Å²) in [5, 5.41) is 3.10. The lowest BCUT2D eigenvalue weighted by molar-refractivity contribution is -0.130. The number of carbonyl (C=O) groups excluding carboxylic acids is 3. The van der Waals surface area contributed by atoms with Crippen LogP contribution in [-0.2, 0) is 9.53 Å². The summed E-state index contributed by atoms with van der Waals surface area (Å²) in [6.07, 6.45) is 1.56. The SMILES string of the molecule is COC(=O)c1cccc(Nc2cc(C(=O)N3CCN(C(C)=O)CC3)ccn2)c1. The largest absolute Gasteiger partial charge is 0.465 e. The Morgan fingerprint density at radius 1 is 1.00 bits per heavy atom. The van der Waals surface area contributed by atoms with Crippen LogP contribution in [0.4, 0.5) is 11.5 Å². The van der Waals surface area contributed by atoms with Crippen LogP contribution in [0, 0.1) is 0 Å². The van der Waals surface area contributed by atoms with Gasteiger partial charge in [0.25, 0.3) is 5.91 Å². The molecule has 1 fully saturated rings. The Hall–Kier alpha value is -3.42. The molecule has 0 bridgehead atoms. The molecule has 8 heteroatoms. The lowest BCUT2D eigenvalue weighted by Gasteiger charge is -2.34. The van der Waals surface area contributed by atoms with Crippen LogP contribution in [0.1, 0.15) is 27.6 Å². The number of amides is 2. The second-order valence-electron chi connectivity index (χ2n) is 6.43. The van der Waals surface area contributed by atoms with Crippen LogP contribution < -0.4 is 5.32 Å². The first kappa shape index (κ1) is 19.3. The first-order valence-electron chi connectivity index (χ1n) is 8.94. The van der Waals surface area contributed by atoms with E-state index in [1.807, 2.05) is 0 Å². The third-order valence-electron chi connectivity index (χ3n) is 4.58. The summed E-state index contributed by atoms with van der Waals surface area (Å²) in [6.45, 7) is 3.62. The fourth-order valence-electron chi connectivity index (χ4n) is 3.03. The normalized spacial score (nSPS) is 13.8. The Bertz CT molecular complexity index is 891. The van der Waals surface area contributed by atoms with Gasteiger partial charge in [-0.2, -0.15) is 0 Å². The van der Waals surface area contributed by atoms with E-state index in [0.29, 0.717) is 48.8 Å². The molecule has 2 heterocycles. The summed E-state index contributed by atoms with van der Waals surface area (Å²) in [5.74, 6) is -0.00544. The summed E-state index contributed by atoms with van der Waals surface area (Å²) < 4.78 is 4.72. The molecule has 2 aromatic rings. The van der Waals surface area contributed by atoms with Gasteiger partial charge in [0.05, 0.1) is 12.7 Å². The van der Waals surface area contributed by atoms with Gasteiger partial charge < -0.3 is 19.9 Å². The van der Waals surface area contributed by atoms with E-state index >= 15 is 0 Å². The van der Waals surface area contributed by atoms with Crippen molar-refractivity contribution >= 4 is 29.3 Å². The summed E-state index contributed by atoms with van der Waals surface area (Å²) in [4.78, 5) is 43.6. The monoisotopic (exact) mass is 382 g/mol. The lowest BCUT2D eigenvalue weighted by Crippen LogP contribution is -2.50. The zero-order valence-corrected chi connectivity index (χ0v) is 15.8. The Morgan fingerprint density at radius 3 is 2.39 bits per heavy atom. The molecule has 1 saturated heterocycles. The van der Waals surface area contributed by atoms with Gasteiger partial charge in [0.15, 0.2) is 0 Å². The van der Waals surface area contributed by atoms with Crippen molar-refractivity contribution in [3.8, 4) is 0 Å². The number of carbonyl (C=O) groups is 3. The van der Waals surface area contributed by atoms with Gasteiger partial charge in [-0.3, -0.25) is 9.59 Å². The molecule has 0 unspecified atom stereocenters. The number of benzene rings is 1. The highest BCUT2D eigenvalue weighted by molar-refractivity contribution is 5.95. The number of esters is 1. The van der Waals surface area contributed by atoms with Gasteiger partial charge in [0.1, 0.15) is 5.82 Å². The number of rotatable bonds is 4. The maximum absolute atomic E-state index is 12.8. The van der Waals surface area contributed by atoms with Gasteiger partial charge >= 0.3 is 5.97 Å². The van der Waals surface area contributed by atoms with E-state index in [-0.39, 0.29) is 11.8 Å². The molecule has 0 spiro atoms. The number of ether oxygens (including phenoxy) is 1. The van der Waals surface area contributed by atoms with Crippen LogP contribution in [0.15, 0.2) is 42.6 Å². The van der Waals surface area contributed by atoms with Crippen LogP contribution in [0.5, 0.6) is 0 Å². The molecular weight excluding hydrogens is 360 g/mol. The second-order valence-corrected chi connectivity index (χ2v) is 6.43. The predicted octanol–water partition coefficient (Wildman–Crippen LogP) is 1.92. The topological polar surface area (TPSA) is 91.8 Å². The van der Waals surface area contributed by atoms with Crippen molar-refractivity contribution in [1.82, 2.24) is 14.8 Å². The third-order valence-corrected chi connectivity index (χ3v) is 4.58. The summed E-state index contributed by atoms with van der Waals surface area (Å²) in [7, 11) is 1.33. The number of hydrogen-bond donors (Lipinski definition) is 1. The third kappa shape index (κ3) is 4.46. The molecule has 1 N–H and O–H groups in total. The molecule has 0 aliphatic carbocycles. The van der Waals surface area contributed by atoms with Gasteiger partial charge in [-0.25, -0.2) is 9.78 Å². The molecule has 0 radical (unpaired) electrons. The fourth-order valence-corrected chi connectivity index (χ4v) is 3.03. The minimum atomic E-state index is -0.426. The van der Waals surface area contributed by atoms with Crippen molar-refractivity contribution in [1.29, 1.82) is 0 Å². The maximum Gasteiger partial charge on any atom is 0.337 e. The number of piperazine rings is 1. The van der Waals surface area contributed by atoms with Crippen molar-refractivity contribution in [2.45, 2.75) is 6.92 Å². The molecule has 0 saturated carbocycles. The quantitative estimate of drug-likeness (QED) is 0.813. The second kappa shape index (κ2) is 8.51. The van der Waals surface area contributed by atoms with Crippen LogP contribution in [0.2, 0.25) is 0 Å². The van der Waals surface area contributed by atoms with Crippen molar-refractivity contribution in [3.63, 3.8) is 0 Å². The molecular formula is C20H22N4O4. The van der Waals surface area contributed by atoms with E-state index < -0.39 is 5.97 Å². The van der Waals surface area contributed by atoms with Crippen LogP contribution in [0.25, 0.3) is 0 Å². The van der Waals surface area contributed by atoms with Gasteiger partial charge in [0.2, 0.25) is 5.91 Å². The highest BCUT2D eigenvalue weighted by Crippen LogP contribution is 2.18. The molecule has 146 valence electrons. The molecule has 3 rings (SSSR count). The Morgan fingerprint density at radius 2 is 1.71 bits per heavy atom. The molecule has 1 aromatic carbocycles. The van der Waals surface area contributed by atoms with E-state index in [2.05, 4.69) is 10.3 Å². The molecule has 1 aliphatic rings. The smallest absolute Gasteiger partial charge is 0.337 e. The first-order chi connectivity index (χ1) is 13.5. The minimum Gasteiger partial charge on any atom is -0.465 e. The number of pyridine rings is 1. The number of anilines is 2. The van der Waals surface area contributed by atoms with Crippen molar-refractivity contribution in [2.75, 3.05) is 38.6 Å². The average molecular weight is 382 g/mol. The Balaban J connectivity index is 1.70. The van der Waals surface area contributed by atoms with E-state index in [9.17, 15) is 14.4 Å². The molecule has 1 aliphatic heterocycles.